The van der Waals surface area contributed by atoms with Crippen LogP contribution in [-0.2, 0) is 0 Å². The van der Waals surface area contributed by atoms with Gasteiger partial charge in [0.1, 0.15) is 5.71 Å². The molecule has 5 nitrogen and oxygen atoms in total. The molecule has 1 aromatic rings. The van der Waals surface area contributed by atoms with Crippen molar-refractivity contribution in [3.63, 3.8) is 0 Å². The summed E-state index contributed by atoms with van der Waals surface area (Å²) in [6.45, 7) is 0. The summed E-state index contributed by atoms with van der Waals surface area (Å²) in [7, 11) is 0. The van der Waals surface area contributed by atoms with E-state index in [9.17, 15) is 36.2 Å². The van der Waals surface area contributed by atoms with Crippen molar-refractivity contribution in [3.8, 4) is 0 Å². The van der Waals surface area contributed by atoms with Crippen LogP contribution in [-0.4, -0.2) is 39.8 Å². The van der Waals surface area contributed by atoms with Crippen LogP contribution in [0.1, 0.15) is 16.8 Å². The number of halogens is 6. The molecule has 23 heavy (non-hydrogen) atoms. The number of nitrogens with two attached hydrogens (primary N) is 1. The normalized spacial score (nSPS) is 22.2. The quantitative estimate of drug-likeness (QED) is 0.608. The van der Waals surface area contributed by atoms with Crippen LogP contribution in [0.4, 0.5) is 32.0 Å². The van der Waals surface area contributed by atoms with Crippen LogP contribution < -0.4 is 5.73 Å². The van der Waals surface area contributed by atoms with Crippen LogP contribution in [0, 0.1) is 0 Å². The minimum Gasteiger partial charge on any atom is -0.398 e. The Hall–Kier alpha value is -2.30. The molecule has 0 fully saturated rings. The first kappa shape index (κ1) is 17.1. The number of rotatable bonds is 1. The lowest BCUT2D eigenvalue weighted by Gasteiger charge is -2.32. The Morgan fingerprint density at radius 1 is 1.22 bits per heavy atom. The number of hydrogen-bond donors (Lipinski definition) is 2. The minimum absolute atomic E-state index is 0.266. The van der Waals surface area contributed by atoms with Crippen molar-refractivity contribution in [2.75, 3.05) is 5.73 Å². The van der Waals surface area contributed by atoms with E-state index in [1.807, 2.05) is 0 Å². The minimum atomic E-state index is -5.55. The lowest BCUT2D eigenvalue weighted by molar-refractivity contribution is -0.297. The van der Waals surface area contributed by atoms with Gasteiger partial charge in [-0.15, -0.1) is 0 Å². The number of nitrogen functional groups attached to an aromatic ring is 1. The molecule has 0 bridgehead atoms. The maximum Gasteiger partial charge on any atom is 0.438 e. The van der Waals surface area contributed by atoms with Crippen molar-refractivity contribution < 1.29 is 36.2 Å². The Morgan fingerprint density at radius 2 is 1.78 bits per heavy atom. The largest absolute Gasteiger partial charge is 0.438 e. The van der Waals surface area contributed by atoms with Crippen molar-refractivity contribution in [1.82, 2.24) is 5.01 Å². The number of hydrogen-bond acceptors (Lipinski definition) is 4. The van der Waals surface area contributed by atoms with Gasteiger partial charge in [0.25, 0.3) is 11.6 Å². The zero-order chi connectivity index (χ0) is 17.6. The third-order valence-electron chi connectivity index (χ3n) is 3.15. The molecule has 126 valence electrons. The van der Waals surface area contributed by atoms with E-state index in [-0.39, 0.29) is 5.69 Å². The number of para-hydroxylation sites is 1. The number of amides is 1. The molecule has 0 radical (unpaired) electrons. The van der Waals surface area contributed by atoms with Crippen LogP contribution in [0.5, 0.6) is 0 Å². The Balaban J connectivity index is 2.53. The summed E-state index contributed by atoms with van der Waals surface area (Å²) in [5, 5.41) is 11.7. The highest BCUT2D eigenvalue weighted by atomic mass is 19.4. The van der Waals surface area contributed by atoms with E-state index in [0.717, 1.165) is 6.07 Å². The van der Waals surface area contributed by atoms with Gasteiger partial charge in [0.05, 0.1) is 12.0 Å². The van der Waals surface area contributed by atoms with Gasteiger partial charge in [0, 0.05) is 5.69 Å². The van der Waals surface area contributed by atoms with Gasteiger partial charge >= 0.3 is 12.4 Å². The van der Waals surface area contributed by atoms with E-state index in [1.165, 1.54) is 18.2 Å². The molecular weight excluding hydrogens is 332 g/mol. The molecule has 0 aromatic heterocycles. The Morgan fingerprint density at radius 3 is 2.26 bits per heavy atom. The second kappa shape index (κ2) is 5.11. The number of benzene rings is 1. The standard InChI is InChI=1S/C12H9F6N3O2/c13-11(14,15)8-5-10(23,12(16,17)18)21(20-8)9(22)6-3-1-2-4-7(6)19/h1-4,23H,5,19H2. The lowest BCUT2D eigenvalue weighted by atomic mass is 10.0. The van der Waals surface area contributed by atoms with Gasteiger partial charge in [0.15, 0.2) is 0 Å². The van der Waals surface area contributed by atoms with Gasteiger partial charge in [-0.3, -0.25) is 4.79 Å². The first-order chi connectivity index (χ1) is 10.4. The Bertz CT molecular complexity index is 669. The van der Waals surface area contributed by atoms with Gasteiger partial charge < -0.3 is 10.8 Å². The van der Waals surface area contributed by atoms with Crippen LogP contribution >= 0.6 is 0 Å². The molecule has 1 amide bonds. The first-order valence-corrected chi connectivity index (χ1v) is 6.01. The molecular formula is C12H9F6N3O2. The summed E-state index contributed by atoms with van der Waals surface area (Å²) in [4.78, 5) is 12.1. The molecule has 11 heteroatoms. The molecule has 3 N–H and O–H groups in total. The Kier molecular flexibility index (Phi) is 3.79. The van der Waals surface area contributed by atoms with Crippen molar-refractivity contribution in [3.05, 3.63) is 29.8 Å². The smallest absolute Gasteiger partial charge is 0.398 e. The summed E-state index contributed by atoms with van der Waals surface area (Å²) < 4.78 is 77.0. The number of carbonyl (C=O) groups excluding carboxylic acids is 1. The summed E-state index contributed by atoms with van der Waals surface area (Å²) >= 11 is 0. The number of anilines is 1. The molecule has 1 heterocycles. The van der Waals surface area contributed by atoms with E-state index < -0.39 is 46.7 Å². The fourth-order valence-corrected chi connectivity index (χ4v) is 1.94. The second-order valence-electron chi connectivity index (χ2n) is 4.74. The van der Waals surface area contributed by atoms with Crippen LogP contribution in [0.3, 0.4) is 0 Å². The average Bonchev–Trinajstić information content (AvgIpc) is 2.77. The molecule has 1 aliphatic heterocycles. The molecule has 2 rings (SSSR count). The highest BCUT2D eigenvalue weighted by molar-refractivity contribution is 6.02. The SMILES string of the molecule is Nc1ccccc1C(=O)N1N=C(C(F)(F)F)CC1(O)C(F)(F)F. The van der Waals surface area contributed by atoms with Crippen molar-refractivity contribution in [2.24, 2.45) is 5.10 Å². The maximum absolute atomic E-state index is 13.0. The Labute approximate surface area is 125 Å². The van der Waals surface area contributed by atoms with Crippen LogP contribution in [0.2, 0.25) is 0 Å². The topological polar surface area (TPSA) is 78.9 Å². The monoisotopic (exact) mass is 341 g/mol. The first-order valence-electron chi connectivity index (χ1n) is 6.01. The molecule has 0 saturated heterocycles. The van der Waals surface area contributed by atoms with Crippen molar-refractivity contribution in [2.45, 2.75) is 24.5 Å². The highest BCUT2D eigenvalue weighted by Crippen LogP contribution is 2.43. The van der Waals surface area contributed by atoms with E-state index >= 15 is 0 Å². The van der Waals surface area contributed by atoms with Gasteiger partial charge in [-0.05, 0) is 12.1 Å². The van der Waals surface area contributed by atoms with E-state index in [4.69, 9.17) is 5.73 Å². The van der Waals surface area contributed by atoms with Gasteiger partial charge in [0.2, 0.25) is 0 Å². The highest BCUT2D eigenvalue weighted by Gasteiger charge is 2.66. The van der Waals surface area contributed by atoms with Gasteiger partial charge in [-0.2, -0.15) is 36.5 Å². The summed E-state index contributed by atoms with van der Waals surface area (Å²) in [5.74, 6) is -1.60. The second-order valence-corrected chi connectivity index (χ2v) is 4.74. The maximum atomic E-state index is 13.0. The summed E-state index contributed by atoms with van der Waals surface area (Å²) in [5.41, 5.74) is -1.37. The number of carbonyl (C=O) groups is 1. The molecule has 0 aliphatic carbocycles. The molecule has 1 atom stereocenters. The molecule has 1 aromatic carbocycles. The van der Waals surface area contributed by atoms with Gasteiger partial charge in [-0.1, -0.05) is 12.1 Å². The predicted molar refractivity (Wildman–Crippen MR) is 66.1 cm³/mol. The van der Waals surface area contributed by atoms with Crippen LogP contribution in [0.15, 0.2) is 29.4 Å². The number of aliphatic hydroxyl groups is 1. The number of hydrazone groups is 1. The average molecular weight is 341 g/mol. The van der Waals surface area contributed by atoms with E-state index in [1.54, 1.807) is 0 Å². The van der Waals surface area contributed by atoms with Crippen LogP contribution in [0.25, 0.3) is 0 Å². The fourth-order valence-electron chi connectivity index (χ4n) is 1.94. The predicted octanol–water partition coefficient (Wildman–Crippen LogP) is 2.28. The molecule has 1 aliphatic rings. The zero-order valence-electron chi connectivity index (χ0n) is 11.1. The van der Waals surface area contributed by atoms with Crippen molar-refractivity contribution >= 4 is 17.3 Å². The number of alkyl halides is 6. The summed E-state index contributed by atoms with van der Waals surface area (Å²) in [6, 6.07) is 4.80. The van der Waals surface area contributed by atoms with E-state index in [0.29, 0.717) is 0 Å². The molecule has 0 spiro atoms. The van der Waals surface area contributed by atoms with Gasteiger partial charge in [-0.25, -0.2) is 0 Å². The number of nitrogens with zero attached hydrogens (tertiary/aromatic N) is 2. The molecule has 1 unspecified atom stereocenters. The third-order valence-corrected chi connectivity index (χ3v) is 3.15. The molecule has 0 saturated carbocycles. The lowest BCUT2D eigenvalue weighted by Crippen LogP contribution is -2.57. The fraction of sp³-hybridized carbons (Fsp3) is 0.333. The summed E-state index contributed by atoms with van der Waals surface area (Å²) in [6.07, 6.45) is -12.7. The zero-order valence-corrected chi connectivity index (χ0v) is 11.1. The van der Waals surface area contributed by atoms with Crippen molar-refractivity contribution in [1.29, 1.82) is 0 Å². The van der Waals surface area contributed by atoms with E-state index in [2.05, 4.69) is 5.10 Å². The third kappa shape index (κ3) is 2.83.